The molecule has 0 fully saturated rings. The highest BCUT2D eigenvalue weighted by Crippen LogP contribution is 2.20. The Bertz CT molecular complexity index is 704. The second-order valence-corrected chi connectivity index (χ2v) is 5.51. The van der Waals surface area contributed by atoms with Gasteiger partial charge in [-0.15, -0.1) is 0 Å². The van der Waals surface area contributed by atoms with Gasteiger partial charge in [-0.2, -0.15) is 5.10 Å². The number of hydrogen-bond donors (Lipinski definition) is 3. The number of aliphatic hydroxyl groups is 1. The molecule has 130 valence electrons. The van der Waals surface area contributed by atoms with Crippen LogP contribution in [0.3, 0.4) is 0 Å². The summed E-state index contributed by atoms with van der Waals surface area (Å²) in [6.07, 6.45) is 0.550. The number of hydrogen-bond acceptors (Lipinski definition) is 3. The second-order valence-electron chi connectivity index (χ2n) is 5.51. The van der Waals surface area contributed by atoms with Crippen LogP contribution in [0.25, 0.3) is 0 Å². The van der Waals surface area contributed by atoms with Crippen molar-refractivity contribution in [3.8, 4) is 0 Å². The van der Waals surface area contributed by atoms with Crippen LogP contribution in [0.1, 0.15) is 35.0 Å². The maximum atomic E-state index is 13.3. The third-order valence-electron chi connectivity index (χ3n) is 3.81. The topological polar surface area (TPSA) is 78.0 Å². The van der Waals surface area contributed by atoms with Gasteiger partial charge >= 0.3 is 0 Å². The Kier molecular flexibility index (Phi) is 5.61. The van der Waals surface area contributed by atoms with Gasteiger partial charge < -0.3 is 10.4 Å². The molecule has 0 aliphatic heterocycles. The van der Waals surface area contributed by atoms with E-state index in [-0.39, 0.29) is 12.0 Å². The van der Waals surface area contributed by atoms with Crippen molar-refractivity contribution < 1.29 is 23.1 Å². The van der Waals surface area contributed by atoms with Crippen LogP contribution in [0.2, 0.25) is 0 Å². The summed E-state index contributed by atoms with van der Waals surface area (Å²) in [6, 6.07) is 0.488. The highest BCUT2D eigenvalue weighted by Gasteiger charge is 2.19. The lowest BCUT2D eigenvalue weighted by molar-refractivity contribution is -0.122. The van der Waals surface area contributed by atoms with Crippen LogP contribution in [-0.4, -0.2) is 27.8 Å². The highest BCUT2D eigenvalue weighted by atomic mass is 19.2. The van der Waals surface area contributed by atoms with Crippen molar-refractivity contribution in [2.75, 3.05) is 6.61 Å². The van der Waals surface area contributed by atoms with E-state index in [0.29, 0.717) is 6.42 Å². The van der Waals surface area contributed by atoms with Crippen LogP contribution in [0, 0.1) is 31.3 Å². The summed E-state index contributed by atoms with van der Waals surface area (Å²) in [5, 5.41) is 18.7. The predicted octanol–water partition coefficient (Wildman–Crippen LogP) is 2.23. The molecule has 3 N–H and O–H groups in total. The molecule has 1 aromatic heterocycles. The Morgan fingerprint density at radius 3 is 2.42 bits per heavy atom. The minimum atomic E-state index is -1.59. The fourth-order valence-electron chi connectivity index (χ4n) is 2.46. The number of nitrogens with one attached hydrogen (secondary N) is 2. The molecule has 0 saturated carbocycles. The van der Waals surface area contributed by atoms with E-state index in [4.69, 9.17) is 0 Å². The average Bonchev–Trinajstić information content (AvgIpc) is 2.86. The van der Waals surface area contributed by atoms with E-state index in [1.807, 2.05) is 13.8 Å². The molecule has 8 heteroatoms. The number of carbonyl (C=O) groups is 1. The molecule has 0 bridgehead atoms. The van der Waals surface area contributed by atoms with Crippen LogP contribution in [-0.2, 0) is 11.2 Å². The van der Waals surface area contributed by atoms with Gasteiger partial charge in [-0.25, -0.2) is 13.2 Å². The van der Waals surface area contributed by atoms with E-state index in [2.05, 4.69) is 15.5 Å². The first-order valence-electron chi connectivity index (χ1n) is 7.38. The minimum Gasteiger partial charge on any atom is -0.394 e. The van der Waals surface area contributed by atoms with Gasteiger partial charge in [0.2, 0.25) is 5.91 Å². The lowest BCUT2D eigenvalue weighted by atomic mass is 10.1. The summed E-state index contributed by atoms with van der Waals surface area (Å²) < 4.78 is 39.5. The second kappa shape index (κ2) is 7.48. The lowest BCUT2D eigenvalue weighted by Gasteiger charge is -2.17. The molecule has 24 heavy (non-hydrogen) atoms. The minimum absolute atomic E-state index is 0.0436. The molecule has 1 amide bonds. The van der Waals surface area contributed by atoms with E-state index in [1.54, 1.807) is 0 Å². The summed E-state index contributed by atoms with van der Waals surface area (Å²) in [4.78, 5) is 12.0. The molecule has 1 aromatic carbocycles. The number of nitrogens with zero attached hydrogens (tertiary/aromatic N) is 1. The number of aromatic nitrogens is 2. The van der Waals surface area contributed by atoms with Crippen molar-refractivity contribution in [3.63, 3.8) is 0 Å². The number of aromatic amines is 1. The van der Waals surface area contributed by atoms with Crippen molar-refractivity contribution in [2.45, 2.75) is 32.7 Å². The van der Waals surface area contributed by atoms with E-state index < -0.39 is 36.0 Å². The SMILES string of the molecule is Cc1n[nH]c(C)c1CCC(=O)NC(CO)c1cc(F)c(F)c(F)c1. The van der Waals surface area contributed by atoms with E-state index in [0.717, 1.165) is 29.1 Å². The summed E-state index contributed by atoms with van der Waals surface area (Å²) >= 11 is 0. The van der Waals surface area contributed by atoms with Crippen LogP contribution in [0.5, 0.6) is 0 Å². The fourth-order valence-corrected chi connectivity index (χ4v) is 2.46. The van der Waals surface area contributed by atoms with Crippen LogP contribution < -0.4 is 5.32 Å². The molecule has 0 spiro atoms. The Balaban J connectivity index is 2.03. The third-order valence-corrected chi connectivity index (χ3v) is 3.81. The fraction of sp³-hybridized carbons (Fsp3) is 0.375. The van der Waals surface area contributed by atoms with Gasteiger partial charge in [0, 0.05) is 12.1 Å². The number of aliphatic hydroxyl groups excluding tert-OH is 1. The summed E-state index contributed by atoms with van der Waals surface area (Å²) in [5.74, 6) is -4.74. The van der Waals surface area contributed by atoms with Gasteiger partial charge in [0.05, 0.1) is 18.3 Å². The van der Waals surface area contributed by atoms with Crippen molar-refractivity contribution in [2.24, 2.45) is 0 Å². The van der Waals surface area contributed by atoms with Crippen molar-refractivity contribution in [1.82, 2.24) is 15.5 Å². The smallest absolute Gasteiger partial charge is 0.220 e. The quantitative estimate of drug-likeness (QED) is 0.705. The van der Waals surface area contributed by atoms with Gasteiger partial charge in [0.15, 0.2) is 17.5 Å². The van der Waals surface area contributed by atoms with Gasteiger partial charge in [0.25, 0.3) is 0 Å². The monoisotopic (exact) mass is 341 g/mol. The molecule has 0 radical (unpaired) electrons. The van der Waals surface area contributed by atoms with Crippen molar-refractivity contribution in [1.29, 1.82) is 0 Å². The molecule has 5 nitrogen and oxygen atoms in total. The Labute approximate surface area is 136 Å². The molecule has 0 aliphatic rings. The van der Waals surface area contributed by atoms with Gasteiger partial charge in [0.1, 0.15) is 0 Å². The first kappa shape index (κ1) is 18.0. The first-order valence-corrected chi connectivity index (χ1v) is 7.38. The molecule has 1 atom stereocenters. The van der Waals surface area contributed by atoms with Crippen LogP contribution >= 0.6 is 0 Å². The van der Waals surface area contributed by atoms with Gasteiger partial charge in [-0.05, 0) is 43.5 Å². The number of carbonyl (C=O) groups excluding carboxylic acids is 1. The zero-order valence-corrected chi connectivity index (χ0v) is 13.3. The Morgan fingerprint density at radius 1 is 1.29 bits per heavy atom. The summed E-state index contributed by atoms with van der Waals surface area (Å²) in [5.41, 5.74) is 2.53. The van der Waals surface area contributed by atoms with Gasteiger partial charge in [-0.3, -0.25) is 9.89 Å². The molecule has 1 heterocycles. The first-order chi connectivity index (χ1) is 11.3. The molecule has 0 aliphatic carbocycles. The van der Waals surface area contributed by atoms with Gasteiger partial charge in [-0.1, -0.05) is 0 Å². The number of benzene rings is 1. The summed E-state index contributed by atoms with van der Waals surface area (Å²) in [6.45, 7) is 3.09. The molecular formula is C16H18F3N3O2. The maximum absolute atomic E-state index is 13.3. The molecule has 2 aromatic rings. The van der Waals surface area contributed by atoms with Crippen LogP contribution in [0.15, 0.2) is 12.1 Å². The zero-order chi connectivity index (χ0) is 17.9. The maximum Gasteiger partial charge on any atom is 0.220 e. The zero-order valence-electron chi connectivity index (χ0n) is 13.3. The number of halogens is 3. The summed E-state index contributed by atoms with van der Waals surface area (Å²) in [7, 11) is 0. The number of H-pyrrole nitrogens is 1. The average molecular weight is 341 g/mol. The highest BCUT2D eigenvalue weighted by molar-refractivity contribution is 5.76. The van der Waals surface area contributed by atoms with Crippen molar-refractivity contribution in [3.05, 3.63) is 52.1 Å². The predicted molar refractivity (Wildman–Crippen MR) is 80.7 cm³/mol. The largest absolute Gasteiger partial charge is 0.394 e. The lowest BCUT2D eigenvalue weighted by Crippen LogP contribution is -2.31. The van der Waals surface area contributed by atoms with E-state index in [1.165, 1.54) is 0 Å². The standard InChI is InChI=1S/C16H18F3N3O2/c1-8-11(9(2)22-21-8)3-4-15(24)20-14(7-23)10-5-12(17)16(19)13(18)6-10/h5-6,14,23H,3-4,7H2,1-2H3,(H,20,24)(H,21,22). The number of aryl methyl sites for hydroxylation is 2. The van der Waals surface area contributed by atoms with Crippen LogP contribution in [0.4, 0.5) is 13.2 Å². The number of rotatable bonds is 6. The van der Waals surface area contributed by atoms with E-state index in [9.17, 15) is 23.1 Å². The Hall–Kier alpha value is -2.35. The van der Waals surface area contributed by atoms with Crippen molar-refractivity contribution >= 4 is 5.91 Å². The molecule has 2 rings (SSSR count). The Morgan fingerprint density at radius 2 is 1.92 bits per heavy atom. The molecule has 1 unspecified atom stereocenters. The third kappa shape index (κ3) is 3.94. The normalized spacial score (nSPS) is 12.2. The number of amides is 1. The molecular weight excluding hydrogens is 323 g/mol. The molecule has 0 saturated heterocycles. The van der Waals surface area contributed by atoms with E-state index >= 15 is 0 Å².